The van der Waals surface area contributed by atoms with Crippen molar-refractivity contribution in [1.29, 1.82) is 0 Å². The van der Waals surface area contributed by atoms with Gasteiger partial charge in [0, 0.05) is 37.8 Å². The van der Waals surface area contributed by atoms with E-state index in [1.165, 1.54) is 5.56 Å². The third-order valence-corrected chi connectivity index (χ3v) is 5.56. The topological polar surface area (TPSA) is 91.6 Å². The summed E-state index contributed by atoms with van der Waals surface area (Å²) in [5.41, 5.74) is 6.57. The minimum absolute atomic E-state index is 0.300. The van der Waals surface area contributed by atoms with Crippen LogP contribution in [-0.2, 0) is 23.6 Å². The SMILES string of the molecule is NC(=O)CCn1c(SCc2nccn2Cc2ccccc2)nnc1C1CC1. The molecule has 0 atom stereocenters. The number of benzene rings is 1. The highest BCUT2D eigenvalue weighted by atomic mass is 32.2. The molecule has 1 fully saturated rings. The summed E-state index contributed by atoms with van der Waals surface area (Å²) < 4.78 is 4.20. The van der Waals surface area contributed by atoms with Gasteiger partial charge in [-0.2, -0.15) is 0 Å². The third-order valence-electron chi connectivity index (χ3n) is 4.60. The van der Waals surface area contributed by atoms with Crippen molar-refractivity contribution in [2.45, 2.75) is 49.2 Å². The van der Waals surface area contributed by atoms with Gasteiger partial charge in [-0.3, -0.25) is 4.79 Å². The summed E-state index contributed by atoms with van der Waals surface area (Å²) in [5, 5.41) is 9.54. The van der Waals surface area contributed by atoms with Crippen LogP contribution in [0.1, 0.15) is 42.4 Å². The Bertz CT molecular complexity index is 915. The zero-order chi connectivity index (χ0) is 18.6. The van der Waals surface area contributed by atoms with E-state index in [1.54, 1.807) is 11.8 Å². The van der Waals surface area contributed by atoms with E-state index in [0.29, 0.717) is 24.6 Å². The highest BCUT2D eigenvalue weighted by Crippen LogP contribution is 2.40. The van der Waals surface area contributed by atoms with E-state index in [1.807, 2.05) is 30.6 Å². The molecule has 0 unspecified atom stereocenters. The molecule has 1 saturated carbocycles. The van der Waals surface area contributed by atoms with Gasteiger partial charge in [-0.05, 0) is 18.4 Å². The second-order valence-corrected chi connectivity index (χ2v) is 7.67. The van der Waals surface area contributed by atoms with Crippen LogP contribution in [0.25, 0.3) is 0 Å². The van der Waals surface area contributed by atoms with Crippen LogP contribution in [0.2, 0.25) is 0 Å². The van der Waals surface area contributed by atoms with Gasteiger partial charge in [-0.25, -0.2) is 4.98 Å². The second-order valence-electron chi connectivity index (χ2n) is 6.73. The Morgan fingerprint density at radius 1 is 1.22 bits per heavy atom. The molecular weight excluding hydrogens is 360 g/mol. The van der Waals surface area contributed by atoms with Gasteiger partial charge in [0.15, 0.2) is 5.16 Å². The zero-order valence-electron chi connectivity index (χ0n) is 15.0. The average Bonchev–Trinajstić information content (AvgIpc) is 3.29. The van der Waals surface area contributed by atoms with Crippen LogP contribution in [0.15, 0.2) is 47.9 Å². The molecule has 4 rings (SSSR count). The Balaban J connectivity index is 1.46. The van der Waals surface area contributed by atoms with Gasteiger partial charge < -0.3 is 14.9 Å². The Kier molecular flexibility index (Phi) is 5.24. The largest absolute Gasteiger partial charge is 0.370 e. The fraction of sp³-hybridized carbons (Fsp3) is 0.368. The molecule has 2 aromatic heterocycles. The van der Waals surface area contributed by atoms with E-state index < -0.39 is 0 Å². The lowest BCUT2D eigenvalue weighted by atomic mass is 10.2. The van der Waals surface area contributed by atoms with E-state index in [-0.39, 0.29) is 5.91 Å². The molecule has 27 heavy (non-hydrogen) atoms. The predicted molar refractivity (Wildman–Crippen MR) is 103 cm³/mol. The van der Waals surface area contributed by atoms with E-state index in [0.717, 1.165) is 36.2 Å². The highest BCUT2D eigenvalue weighted by molar-refractivity contribution is 7.98. The zero-order valence-corrected chi connectivity index (χ0v) is 15.8. The van der Waals surface area contributed by atoms with Crippen LogP contribution in [0.5, 0.6) is 0 Å². The summed E-state index contributed by atoms with van der Waals surface area (Å²) in [5.74, 6) is 2.83. The molecule has 3 aromatic rings. The van der Waals surface area contributed by atoms with Gasteiger partial charge in [0.25, 0.3) is 0 Å². The number of amides is 1. The molecule has 1 aliphatic carbocycles. The Labute approximate surface area is 162 Å². The lowest BCUT2D eigenvalue weighted by Gasteiger charge is -2.10. The van der Waals surface area contributed by atoms with Gasteiger partial charge in [0.1, 0.15) is 11.6 Å². The normalized spacial score (nSPS) is 13.8. The lowest BCUT2D eigenvalue weighted by molar-refractivity contribution is -0.118. The number of rotatable bonds is 9. The molecule has 1 amide bonds. The van der Waals surface area contributed by atoms with Crippen molar-refractivity contribution in [2.75, 3.05) is 0 Å². The van der Waals surface area contributed by atoms with Crippen LogP contribution in [-0.4, -0.2) is 30.2 Å². The number of imidazole rings is 1. The summed E-state index contributed by atoms with van der Waals surface area (Å²) in [7, 11) is 0. The molecule has 0 radical (unpaired) electrons. The standard InChI is InChI=1S/C19H22N6OS/c20-16(26)8-10-25-18(15-6-7-15)22-23-19(25)27-13-17-21-9-11-24(17)12-14-4-2-1-3-5-14/h1-5,9,11,15H,6-8,10,12-13H2,(H2,20,26). The Hall–Kier alpha value is -2.61. The maximum absolute atomic E-state index is 11.2. The maximum Gasteiger partial charge on any atom is 0.219 e. The van der Waals surface area contributed by atoms with Gasteiger partial charge >= 0.3 is 0 Å². The van der Waals surface area contributed by atoms with Crippen LogP contribution >= 0.6 is 11.8 Å². The van der Waals surface area contributed by atoms with E-state index in [9.17, 15) is 4.79 Å². The molecule has 8 heteroatoms. The van der Waals surface area contributed by atoms with Crippen LogP contribution in [0, 0.1) is 0 Å². The lowest BCUT2D eigenvalue weighted by Crippen LogP contribution is -2.15. The van der Waals surface area contributed by atoms with Gasteiger partial charge in [-0.15, -0.1) is 10.2 Å². The third kappa shape index (κ3) is 4.39. The van der Waals surface area contributed by atoms with Gasteiger partial charge in [0.2, 0.25) is 5.91 Å². The molecule has 0 spiro atoms. The van der Waals surface area contributed by atoms with Gasteiger partial charge in [0.05, 0.1) is 5.75 Å². The number of aromatic nitrogens is 5. The number of carbonyl (C=O) groups is 1. The summed E-state index contributed by atoms with van der Waals surface area (Å²) in [6, 6.07) is 10.3. The monoisotopic (exact) mass is 382 g/mol. The molecule has 0 aliphatic heterocycles. The van der Waals surface area contributed by atoms with E-state index in [2.05, 4.69) is 36.4 Å². The number of thioether (sulfide) groups is 1. The number of hydrogen-bond acceptors (Lipinski definition) is 5. The smallest absolute Gasteiger partial charge is 0.219 e. The van der Waals surface area contributed by atoms with Crippen molar-refractivity contribution in [3.63, 3.8) is 0 Å². The fourth-order valence-electron chi connectivity index (χ4n) is 3.02. The quantitative estimate of drug-likeness (QED) is 0.574. The predicted octanol–water partition coefficient (Wildman–Crippen LogP) is 2.57. The first-order valence-corrected chi connectivity index (χ1v) is 10.1. The summed E-state index contributed by atoms with van der Waals surface area (Å²) in [6.45, 7) is 1.33. The molecule has 0 saturated heterocycles. The first-order chi connectivity index (χ1) is 13.2. The van der Waals surface area contributed by atoms with Crippen molar-refractivity contribution in [2.24, 2.45) is 5.73 Å². The van der Waals surface area contributed by atoms with E-state index >= 15 is 0 Å². The maximum atomic E-state index is 11.2. The molecule has 7 nitrogen and oxygen atoms in total. The number of primary amides is 1. The van der Waals surface area contributed by atoms with E-state index in [4.69, 9.17) is 5.73 Å². The molecule has 1 aliphatic rings. The van der Waals surface area contributed by atoms with Crippen molar-refractivity contribution in [3.05, 3.63) is 59.9 Å². The molecule has 140 valence electrons. The first kappa shape index (κ1) is 17.8. The fourth-order valence-corrected chi connectivity index (χ4v) is 3.95. The Morgan fingerprint density at radius 2 is 2.04 bits per heavy atom. The molecule has 2 heterocycles. The minimum atomic E-state index is -0.306. The summed E-state index contributed by atoms with van der Waals surface area (Å²) >= 11 is 1.60. The highest BCUT2D eigenvalue weighted by Gasteiger charge is 2.30. The summed E-state index contributed by atoms with van der Waals surface area (Å²) in [4.78, 5) is 15.7. The van der Waals surface area contributed by atoms with Gasteiger partial charge in [-0.1, -0.05) is 42.1 Å². The van der Waals surface area contributed by atoms with Crippen molar-refractivity contribution in [3.8, 4) is 0 Å². The van der Waals surface area contributed by atoms with Crippen LogP contribution in [0.3, 0.4) is 0 Å². The average molecular weight is 382 g/mol. The number of nitrogens with two attached hydrogens (primary N) is 1. The second kappa shape index (κ2) is 7.96. The first-order valence-electron chi connectivity index (χ1n) is 9.09. The molecule has 1 aromatic carbocycles. The number of carbonyl (C=O) groups excluding carboxylic acids is 1. The van der Waals surface area contributed by atoms with Crippen molar-refractivity contribution >= 4 is 17.7 Å². The Morgan fingerprint density at radius 3 is 2.78 bits per heavy atom. The van der Waals surface area contributed by atoms with Crippen LogP contribution in [0.4, 0.5) is 0 Å². The van der Waals surface area contributed by atoms with Crippen molar-refractivity contribution < 1.29 is 4.79 Å². The summed E-state index contributed by atoms with van der Waals surface area (Å²) in [6.07, 6.45) is 6.40. The molecular formula is C19H22N6OS. The molecule has 0 bridgehead atoms. The number of nitrogens with zero attached hydrogens (tertiary/aromatic N) is 5. The molecule has 2 N–H and O–H groups in total. The minimum Gasteiger partial charge on any atom is -0.370 e. The number of hydrogen-bond donors (Lipinski definition) is 1. The van der Waals surface area contributed by atoms with Crippen molar-refractivity contribution in [1.82, 2.24) is 24.3 Å². The van der Waals surface area contributed by atoms with Crippen LogP contribution < -0.4 is 5.73 Å².